The van der Waals surface area contributed by atoms with Gasteiger partial charge in [-0.15, -0.1) is 0 Å². The fourth-order valence-electron chi connectivity index (χ4n) is 8.11. The molecule has 0 fully saturated rings. The van der Waals surface area contributed by atoms with Gasteiger partial charge >= 0.3 is 0 Å². The Labute approximate surface area is 298 Å². The Kier molecular flexibility index (Phi) is 10.5. The van der Waals surface area contributed by atoms with Gasteiger partial charge in [-0.05, 0) is 78.9 Å². The zero-order valence-electron chi connectivity index (χ0n) is 30.6. The van der Waals surface area contributed by atoms with Crippen LogP contribution in [-0.4, -0.2) is 43.1 Å². The molecule has 2 aliphatic heterocycles. The van der Waals surface area contributed by atoms with E-state index in [-0.39, 0.29) is 23.5 Å². The molecule has 5 nitrogen and oxygen atoms in total. The van der Waals surface area contributed by atoms with E-state index in [4.69, 9.17) is 4.74 Å². The van der Waals surface area contributed by atoms with Gasteiger partial charge in [0.1, 0.15) is 13.3 Å². The van der Waals surface area contributed by atoms with Gasteiger partial charge in [0, 0.05) is 54.6 Å². The molecule has 4 aromatic rings. The maximum atomic E-state index is 12.0. The van der Waals surface area contributed by atoms with Crippen molar-refractivity contribution < 1.29 is 14.1 Å². The van der Waals surface area contributed by atoms with Gasteiger partial charge < -0.3 is 15.0 Å². The molecule has 0 saturated heterocycles. The number of amides is 1. The third-order valence-corrected chi connectivity index (χ3v) is 10.5. The standard InChI is InChI=1S/C45H51N3O2/c1-7-47-37-29-27-33-20-15-17-22-35(33)42(37)44(2,3)39(47)24-12-9-8-10-13-25-40-45(4,5)43-36-23-18-16-21-34(36)28-30-38(43)48(40)31-19-11-14-26-41(49)46-32-50-6/h8-10,12-13,15-18,20-25,27-30H,7,11,14,19,26,31-32H2,1-6H3/p+1. The summed E-state index contributed by atoms with van der Waals surface area (Å²) >= 11 is 0. The monoisotopic (exact) mass is 666 g/mol. The van der Waals surface area contributed by atoms with Gasteiger partial charge in [0.15, 0.2) is 5.71 Å². The number of fused-ring (bicyclic) bond motifs is 6. The summed E-state index contributed by atoms with van der Waals surface area (Å²) in [7, 11) is 1.59. The predicted octanol–water partition coefficient (Wildman–Crippen LogP) is 10.0. The second-order valence-corrected chi connectivity index (χ2v) is 14.4. The second kappa shape index (κ2) is 15.0. The number of hydrogen-bond donors (Lipinski definition) is 1. The number of carbonyl (C=O) groups is 1. The summed E-state index contributed by atoms with van der Waals surface area (Å²) in [6, 6.07) is 26.5. The van der Waals surface area contributed by atoms with Crippen molar-refractivity contribution in [1.29, 1.82) is 0 Å². The molecule has 0 spiro atoms. The fourth-order valence-corrected chi connectivity index (χ4v) is 8.11. The largest absolute Gasteiger partial charge is 0.364 e. The molecule has 2 heterocycles. The molecule has 50 heavy (non-hydrogen) atoms. The van der Waals surface area contributed by atoms with Crippen LogP contribution < -0.4 is 10.2 Å². The van der Waals surface area contributed by atoms with Crippen molar-refractivity contribution in [2.75, 3.05) is 31.8 Å². The summed E-state index contributed by atoms with van der Waals surface area (Å²) < 4.78 is 7.42. The van der Waals surface area contributed by atoms with Crippen molar-refractivity contribution in [1.82, 2.24) is 5.32 Å². The molecule has 0 radical (unpaired) electrons. The third kappa shape index (κ3) is 6.72. The lowest BCUT2D eigenvalue weighted by atomic mass is 9.79. The molecule has 0 bridgehead atoms. The van der Waals surface area contributed by atoms with Crippen LogP contribution in [0.5, 0.6) is 0 Å². The van der Waals surface area contributed by atoms with Crippen molar-refractivity contribution in [3.63, 3.8) is 0 Å². The number of unbranched alkanes of at least 4 members (excludes halogenated alkanes) is 2. The van der Waals surface area contributed by atoms with Gasteiger partial charge in [-0.25, -0.2) is 0 Å². The minimum Gasteiger partial charge on any atom is -0.364 e. The van der Waals surface area contributed by atoms with E-state index >= 15 is 0 Å². The Balaban J connectivity index is 1.19. The topological polar surface area (TPSA) is 44.6 Å². The van der Waals surface area contributed by atoms with Crippen LogP contribution in [0.3, 0.4) is 0 Å². The first-order chi connectivity index (χ1) is 24.2. The highest BCUT2D eigenvalue weighted by atomic mass is 16.5. The van der Waals surface area contributed by atoms with E-state index in [1.165, 1.54) is 55.5 Å². The predicted molar refractivity (Wildman–Crippen MR) is 211 cm³/mol. The molecule has 0 aromatic heterocycles. The van der Waals surface area contributed by atoms with Gasteiger partial charge in [-0.3, -0.25) is 4.79 Å². The quantitative estimate of drug-likeness (QED) is 0.0669. The first-order valence-corrected chi connectivity index (χ1v) is 18.1. The third-order valence-electron chi connectivity index (χ3n) is 10.5. The Morgan fingerprint density at radius 3 is 2.16 bits per heavy atom. The van der Waals surface area contributed by atoms with Gasteiger partial charge in [0.05, 0.1) is 5.41 Å². The molecular formula is C45H52N3O2+. The number of hydrogen-bond acceptors (Lipinski definition) is 3. The molecule has 1 amide bonds. The van der Waals surface area contributed by atoms with Crippen molar-refractivity contribution in [3.8, 4) is 0 Å². The van der Waals surface area contributed by atoms with Crippen LogP contribution in [0.1, 0.15) is 71.4 Å². The number of nitrogens with one attached hydrogen (secondary N) is 1. The van der Waals surface area contributed by atoms with E-state index in [9.17, 15) is 4.79 Å². The smallest absolute Gasteiger partial charge is 0.221 e. The van der Waals surface area contributed by atoms with E-state index in [0.29, 0.717) is 6.42 Å². The Bertz CT molecular complexity index is 2040. The summed E-state index contributed by atoms with van der Waals surface area (Å²) in [4.78, 5) is 14.5. The zero-order valence-corrected chi connectivity index (χ0v) is 30.6. The Hall–Kier alpha value is -4.74. The molecule has 0 saturated carbocycles. The second-order valence-electron chi connectivity index (χ2n) is 14.4. The van der Waals surface area contributed by atoms with Crippen LogP contribution in [0.15, 0.2) is 121 Å². The van der Waals surface area contributed by atoms with E-state index in [0.717, 1.165) is 32.4 Å². The highest BCUT2D eigenvalue weighted by Gasteiger charge is 2.45. The molecule has 6 rings (SSSR count). The lowest BCUT2D eigenvalue weighted by Gasteiger charge is -2.27. The number of nitrogens with zero attached hydrogens (tertiary/aromatic N) is 2. The first kappa shape index (κ1) is 35.1. The molecule has 2 aliphatic rings. The first-order valence-electron chi connectivity index (χ1n) is 18.1. The molecule has 258 valence electrons. The number of rotatable bonds is 13. The van der Waals surface area contributed by atoms with E-state index < -0.39 is 0 Å². The molecule has 0 aliphatic carbocycles. The lowest BCUT2D eigenvalue weighted by Crippen LogP contribution is -2.27. The summed E-state index contributed by atoms with van der Waals surface area (Å²) in [6.07, 6.45) is 18.7. The van der Waals surface area contributed by atoms with Gasteiger partial charge in [-0.1, -0.05) is 105 Å². The van der Waals surface area contributed by atoms with E-state index in [2.05, 4.69) is 165 Å². The van der Waals surface area contributed by atoms with E-state index in [1.54, 1.807) is 7.11 Å². The van der Waals surface area contributed by atoms with Gasteiger partial charge in [-0.2, -0.15) is 4.58 Å². The lowest BCUT2D eigenvalue weighted by molar-refractivity contribution is -0.433. The summed E-state index contributed by atoms with van der Waals surface area (Å²) in [5, 5.41) is 8.01. The minimum atomic E-state index is -0.155. The molecule has 0 atom stereocenters. The fraction of sp³-hybridized carbons (Fsp3) is 0.333. The highest BCUT2D eigenvalue weighted by Crippen LogP contribution is 2.51. The molecule has 1 N–H and O–H groups in total. The molecule has 4 aromatic carbocycles. The van der Waals surface area contributed by atoms with Crippen LogP contribution in [0.2, 0.25) is 0 Å². The normalized spacial score (nSPS) is 17.3. The van der Waals surface area contributed by atoms with Crippen LogP contribution in [0, 0.1) is 0 Å². The number of ether oxygens (including phenoxy) is 1. The average Bonchev–Trinajstić information content (AvgIpc) is 3.48. The Morgan fingerprint density at radius 1 is 0.780 bits per heavy atom. The van der Waals surface area contributed by atoms with Gasteiger partial charge in [0.2, 0.25) is 11.6 Å². The van der Waals surface area contributed by atoms with Crippen LogP contribution in [0.25, 0.3) is 21.5 Å². The molecule has 0 unspecified atom stereocenters. The number of methoxy groups -OCH3 is 1. The van der Waals surface area contributed by atoms with Gasteiger partial charge in [0.25, 0.3) is 0 Å². The summed E-state index contributed by atoms with van der Waals surface area (Å²) in [5.74, 6) is 0.0477. The van der Waals surface area contributed by atoms with Crippen molar-refractivity contribution in [2.45, 2.75) is 71.1 Å². The van der Waals surface area contributed by atoms with Crippen LogP contribution >= 0.6 is 0 Å². The number of anilines is 1. The average molecular weight is 667 g/mol. The van der Waals surface area contributed by atoms with Crippen LogP contribution in [0.4, 0.5) is 11.4 Å². The van der Waals surface area contributed by atoms with Crippen molar-refractivity contribution in [2.24, 2.45) is 0 Å². The number of benzene rings is 4. The van der Waals surface area contributed by atoms with Crippen molar-refractivity contribution >= 4 is 44.5 Å². The zero-order chi connectivity index (χ0) is 35.3. The molecule has 5 heteroatoms. The van der Waals surface area contributed by atoms with Crippen LogP contribution in [-0.2, 0) is 20.4 Å². The number of allylic oxidation sites excluding steroid dienone is 8. The number of carbonyl (C=O) groups excluding carboxylic acids is 1. The maximum Gasteiger partial charge on any atom is 0.221 e. The SMILES string of the molecule is CC[N+]1=C(/C=C/C=C/C=C/C=C2/N(CCCCCC(=O)NCOC)c3ccc4ccccc4c3C2(C)C)C(C)(C)c2c1ccc1ccccc21. The summed E-state index contributed by atoms with van der Waals surface area (Å²) in [6.45, 7) is 13.7. The van der Waals surface area contributed by atoms with Crippen molar-refractivity contribution in [3.05, 3.63) is 132 Å². The Morgan fingerprint density at radius 2 is 1.44 bits per heavy atom. The summed E-state index contributed by atoms with van der Waals surface area (Å²) in [5.41, 5.74) is 7.78. The maximum absolute atomic E-state index is 12.0. The highest BCUT2D eigenvalue weighted by molar-refractivity contribution is 6.07. The van der Waals surface area contributed by atoms with E-state index in [1.807, 2.05) is 0 Å². The molecular weight excluding hydrogens is 615 g/mol. The minimum absolute atomic E-state index is 0.0477.